The van der Waals surface area contributed by atoms with Gasteiger partial charge in [0.15, 0.2) is 6.29 Å². The van der Waals surface area contributed by atoms with Crippen LogP contribution in [0.4, 0.5) is 0 Å². The third kappa shape index (κ3) is 2.36. The Morgan fingerprint density at radius 2 is 2.64 bits per heavy atom. The molecular formula is C6H10O4S. The molecule has 2 atom stereocenters. The minimum absolute atomic E-state index is 0.343. The van der Waals surface area contributed by atoms with Gasteiger partial charge in [0.05, 0.1) is 6.61 Å². The molecule has 64 valence electrons. The van der Waals surface area contributed by atoms with Crippen LogP contribution in [-0.2, 0) is 14.3 Å². The first-order chi connectivity index (χ1) is 5.24. The van der Waals surface area contributed by atoms with Gasteiger partial charge in [-0.05, 0) is 6.92 Å². The lowest BCUT2D eigenvalue weighted by Crippen LogP contribution is -2.21. The van der Waals surface area contributed by atoms with Crippen molar-refractivity contribution in [1.29, 1.82) is 0 Å². The molecule has 0 aromatic rings. The molecule has 1 rings (SSSR count). The minimum Gasteiger partial charge on any atom is -0.463 e. The van der Waals surface area contributed by atoms with Crippen LogP contribution in [0.25, 0.3) is 0 Å². The maximum Gasteiger partial charge on any atom is 0.345 e. The van der Waals surface area contributed by atoms with Crippen LogP contribution in [0, 0.1) is 0 Å². The van der Waals surface area contributed by atoms with Gasteiger partial charge in [-0.1, -0.05) is 0 Å². The van der Waals surface area contributed by atoms with Crippen molar-refractivity contribution in [2.75, 3.05) is 12.4 Å². The SMILES string of the molecule is CCOC(=O)[C@H]1O[C@H](O)CS1. The summed E-state index contributed by atoms with van der Waals surface area (Å²) in [6.07, 6.45) is -0.825. The summed E-state index contributed by atoms with van der Waals surface area (Å²) < 4.78 is 9.50. The smallest absolute Gasteiger partial charge is 0.345 e. The average Bonchev–Trinajstić information content (AvgIpc) is 2.36. The maximum atomic E-state index is 10.9. The lowest BCUT2D eigenvalue weighted by molar-refractivity contribution is -0.160. The molecule has 1 fully saturated rings. The van der Waals surface area contributed by atoms with Crippen molar-refractivity contribution in [3.63, 3.8) is 0 Å². The predicted octanol–water partition coefficient (Wildman–Crippen LogP) is -0.0426. The third-order valence-corrected chi connectivity index (χ3v) is 2.23. The Balaban J connectivity index is 2.31. The Bertz CT molecular complexity index is 150. The monoisotopic (exact) mass is 178 g/mol. The Labute approximate surface area is 68.9 Å². The molecule has 0 radical (unpaired) electrons. The number of carbonyl (C=O) groups is 1. The molecule has 11 heavy (non-hydrogen) atoms. The fourth-order valence-electron chi connectivity index (χ4n) is 0.725. The van der Waals surface area contributed by atoms with Crippen LogP contribution < -0.4 is 0 Å². The number of aliphatic hydroxyl groups excluding tert-OH is 1. The molecule has 1 aliphatic rings. The standard InChI is InChI=1S/C6H10O4S/c1-2-9-5(8)6-10-4(7)3-11-6/h4,6-7H,2-3H2,1H3/t4-,6-/m0/s1. The highest BCUT2D eigenvalue weighted by molar-refractivity contribution is 8.00. The van der Waals surface area contributed by atoms with Crippen LogP contribution in [0.2, 0.25) is 0 Å². The van der Waals surface area contributed by atoms with Gasteiger partial charge in [-0.3, -0.25) is 0 Å². The molecular weight excluding hydrogens is 168 g/mol. The molecule has 4 nitrogen and oxygen atoms in total. The average molecular weight is 178 g/mol. The number of thioether (sulfide) groups is 1. The number of ether oxygens (including phenoxy) is 2. The highest BCUT2D eigenvalue weighted by Crippen LogP contribution is 2.24. The number of aliphatic hydroxyl groups is 1. The van der Waals surface area contributed by atoms with Crippen molar-refractivity contribution in [2.24, 2.45) is 0 Å². The van der Waals surface area contributed by atoms with E-state index in [4.69, 9.17) is 9.84 Å². The molecule has 0 aromatic carbocycles. The highest BCUT2D eigenvalue weighted by atomic mass is 32.2. The molecule has 0 spiro atoms. The zero-order valence-corrected chi connectivity index (χ0v) is 6.97. The van der Waals surface area contributed by atoms with Gasteiger partial charge in [0, 0.05) is 5.75 Å². The summed E-state index contributed by atoms with van der Waals surface area (Å²) in [7, 11) is 0. The zero-order valence-electron chi connectivity index (χ0n) is 6.15. The number of hydrogen-bond acceptors (Lipinski definition) is 5. The second kappa shape index (κ2) is 3.94. The van der Waals surface area contributed by atoms with Gasteiger partial charge in [-0.2, -0.15) is 0 Å². The molecule has 0 amide bonds. The zero-order chi connectivity index (χ0) is 8.27. The van der Waals surface area contributed by atoms with Crippen LogP contribution in [0.5, 0.6) is 0 Å². The molecule has 1 aliphatic heterocycles. The lowest BCUT2D eigenvalue weighted by Gasteiger charge is -2.07. The van der Waals surface area contributed by atoms with E-state index in [1.165, 1.54) is 11.8 Å². The van der Waals surface area contributed by atoms with Gasteiger partial charge in [-0.15, -0.1) is 11.8 Å². The molecule has 0 saturated carbocycles. The highest BCUT2D eigenvalue weighted by Gasteiger charge is 2.30. The second-order valence-electron chi connectivity index (χ2n) is 2.01. The number of hydrogen-bond donors (Lipinski definition) is 1. The van der Waals surface area contributed by atoms with Crippen molar-refractivity contribution >= 4 is 17.7 Å². The van der Waals surface area contributed by atoms with E-state index in [9.17, 15) is 4.79 Å². The first-order valence-corrected chi connectivity index (χ1v) is 4.40. The summed E-state index contributed by atoms with van der Waals surface area (Å²) in [6, 6.07) is 0. The van der Waals surface area contributed by atoms with Crippen molar-refractivity contribution in [2.45, 2.75) is 18.6 Å². The summed E-state index contributed by atoms with van der Waals surface area (Å²) in [4.78, 5) is 10.9. The van der Waals surface area contributed by atoms with Crippen molar-refractivity contribution in [3.05, 3.63) is 0 Å². The quantitative estimate of drug-likeness (QED) is 0.601. The van der Waals surface area contributed by atoms with Gasteiger partial charge < -0.3 is 14.6 Å². The second-order valence-corrected chi connectivity index (χ2v) is 3.10. The van der Waals surface area contributed by atoms with E-state index in [0.717, 1.165) is 0 Å². The van der Waals surface area contributed by atoms with Gasteiger partial charge in [0.2, 0.25) is 5.44 Å². The van der Waals surface area contributed by atoms with E-state index < -0.39 is 17.7 Å². The Kier molecular flexibility index (Phi) is 3.16. The summed E-state index contributed by atoms with van der Waals surface area (Å²) in [6.45, 7) is 2.07. The molecule has 5 heteroatoms. The molecule has 0 unspecified atom stereocenters. The molecule has 1 N–H and O–H groups in total. The summed E-state index contributed by atoms with van der Waals surface area (Å²) in [5, 5.41) is 8.87. The van der Waals surface area contributed by atoms with E-state index in [0.29, 0.717) is 12.4 Å². The predicted molar refractivity (Wildman–Crippen MR) is 40.0 cm³/mol. The van der Waals surface area contributed by atoms with Crippen molar-refractivity contribution in [1.82, 2.24) is 0 Å². The van der Waals surface area contributed by atoms with Crippen LogP contribution in [0.3, 0.4) is 0 Å². The number of rotatable bonds is 2. The van der Waals surface area contributed by atoms with Crippen molar-refractivity contribution < 1.29 is 19.4 Å². The van der Waals surface area contributed by atoms with Gasteiger partial charge in [-0.25, -0.2) is 4.79 Å². The maximum absolute atomic E-state index is 10.9. The number of carbonyl (C=O) groups excluding carboxylic acids is 1. The van der Waals surface area contributed by atoms with Gasteiger partial charge >= 0.3 is 5.97 Å². The first-order valence-electron chi connectivity index (χ1n) is 3.35. The molecule has 1 heterocycles. The van der Waals surface area contributed by atoms with E-state index in [1.807, 2.05) is 0 Å². The largest absolute Gasteiger partial charge is 0.463 e. The Hall–Kier alpha value is -0.260. The van der Waals surface area contributed by atoms with Crippen LogP contribution in [-0.4, -0.2) is 35.2 Å². The third-order valence-electron chi connectivity index (χ3n) is 1.15. The Morgan fingerprint density at radius 3 is 3.09 bits per heavy atom. The van der Waals surface area contributed by atoms with Crippen LogP contribution >= 0.6 is 11.8 Å². The van der Waals surface area contributed by atoms with Crippen molar-refractivity contribution in [3.8, 4) is 0 Å². The molecule has 0 bridgehead atoms. The fraction of sp³-hybridized carbons (Fsp3) is 0.833. The minimum atomic E-state index is -0.825. The fourth-order valence-corrected chi connectivity index (χ4v) is 1.55. The normalized spacial score (nSPS) is 30.4. The lowest BCUT2D eigenvalue weighted by atomic mass is 10.7. The molecule has 1 saturated heterocycles. The van der Waals surface area contributed by atoms with E-state index in [2.05, 4.69) is 4.74 Å². The van der Waals surface area contributed by atoms with Gasteiger partial charge in [0.25, 0.3) is 0 Å². The summed E-state index contributed by atoms with van der Waals surface area (Å²) >= 11 is 1.25. The van der Waals surface area contributed by atoms with E-state index in [-0.39, 0.29) is 0 Å². The Morgan fingerprint density at radius 1 is 1.91 bits per heavy atom. The first kappa shape index (κ1) is 8.83. The topological polar surface area (TPSA) is 55.8 Å². The summed E-state index contributed by atoms with van der Waals surface area (Å²) in [5.74, 6) is 0.0257. The molecule has 0 aliphatic carbocycles. The van der Waals surface area contributed by atoms with E-state index >= 15 is 0 Å². The molecule has 0 aromatic heterocycles. The van der Waals surface area contributed by atoms with Gasteiger partial charge in [0.1, 0.15) is 0 Å². The number of esters is 1. The van der Waals surface area contributed by atoms with Crippen LogP contribution in [0.1, 0.15) is 6.92 Å². The van der Waals surface area contributed by atoms with Crippen LogP contribution in [0.15, 0.2) is 0 Å². The summed E-state index contributed by atoms with van der Waals surface area (Å²) in [5.41, 5.74) is -0.634. The van der Waals surface area contributed by atoms with E-state index in [1.54, 1.807) is 6.92 Å².